The van der Waals surface area contributed by atoms with E-state index >= 15 is 0 Å². The van der Waals surface area contributed by atoms with Crippen molar-refractivity contribution in [1.29, 1.82) is 0 Å². The molecule has 0 aliphatic heterocycles. The summed E-state index contributed by atoms with van der Waals surface area (Å²) >= 11 is 0.772. The zero-order chi connectivity index (χ0) is 26.4. The molecule has 0 saturated carbocycles. The summed E-state index contributed by atoms with van der Waals surface area (Å²) in [6.07, 6.45) is 0.781. The van der Waals surface area contributed by atoms with Crippen molar-refractivity contribution < 1.29 is 19.1 Å². The second-order valence-corrected chi connectivity index (χ2v) is 9.57. The third-order valence-corrected chi connectivity index (χ3v) is 6.50. The number of carbonyl (C=O) groups excluding carboxylic acids is 3. The van der Waals surface area contributed by atoms with Crippen LogP contribution in [0.1, 0.15) is 57.6 Å². The first-order valence-corrected chi connectivity index (χ1v) is 12.3. The largest absolute Gasteiger partial charge is 0.497 e. The zero-order valence-electron chi connectivity index (χ0n) is 20.8. The van der Waals surface area contributed by atoms with Gasteiger partial charge in [0.25, 0.3) is 11.8 Å². The molecule has 0 aliphatic rings. The summed E-state index contributed by atoms with van der Waals surface area (Å²) in [6.45, 7) is 6.51. The van der Waals surface area contributed by atoms with Gasteiger partial charge in [0.15, 0.2) is 5.69 Å². The standard InChI is InChI=1S/C26H31N5O4S/c1-15(2)13-14-29-25(33)22(17-7-11-19(35-4)12-8-17)31(18-9-5-16(3)6-10-18)26(34)23-20(27)21(24(28)32)30-36-23/h5-12,15,22H,13-14,27H2,1-4H3,(H2,28,32)(H,29,33). The highest BCUT2D eigenvalue weighted by Crippen LogP contribution is 2.34. The molecule has 2 aromatic carbocycles. The number of anilines is 2. The number of rotatable bonds is 10. The summed E-state index contributed by atoms with van der Waals surface area (Å²) in [5.74, 6) is -0.746. The maximum Gasteiger partial charge on any atom is 0.273 e. The topological polar surface area (TPSA) is 141 Å². The van der Waals surface area contributed by atoms with E-state index in [0.29, 0.717) is 29.5 Å². The van der Waals surface area contributed by atoms with E-state index in [9.17, 15) is 14.4 Å². The quantitative estimate of drug-likeness (QED) is 0.381. The molecular weight excluding hydrogens is 478 g/mol. The fourth-order valence-corrected chi connectivity index (χ4v) is 4.35. The molecule has 3 amide bonds. The molecule has 190 valence electrons. The number of benzene rings is 2. The van der Waals surface area contributed by atoms with Gasteiger partial charge >= 0.3 is 0 Å². The van der Waals surface area contributed by atoms with E-state index in [1.807, 2.05) is 19.1 Å². The van der Waals surface area contributed by atoms with Crippen LogP contribution < -0.4 is 26.4 Å². The molecule has 10 heteroatoms. The third kappa shape index (κ3) is 6.01. The minimum absolute atomic E-state index is 0.0258. The number of amides is 3. The van der Waals surface area contributed by atoms with E-state index in [1.165, 1.54) is 4.90 Å². The Labute approximate surface area is 214 Å². The van der Waals surface area contributed by atoms with E-state index in [-0.39, 0.29) is 22.2 Å². The van der Waals surface area contributed by atoms with Crippen molar-refractivity contribution in [3.63, 3.8) is 0 Å². The minimum Gasteiger partial charge on any atom is -0.497 e. The van der Waals surface area contributed by atoms with Crippen molar-refractivity contribution in [3.05, 3.63) is 70.2 Å². The number of hydrogen-bond acceptors (Lipinski definition) is 7. The second kappa shape index (κ2) is 11.7. The molecular formula is C26H31N5O4S. The molecule has 1 unspecified atom stereocenters. The normalized spacial score (nSPS) is 11.7. The van der Waals surface area contributed by atoms with Crippen LogP contribution in [0.15, 0.2) is 48.5 Å². The van der Waals surface area contributed by atoms with Crippen LogP contribution in [-0.2, 0) is 4.79 Å². The Hall–Kier alpha value is -3.92. The molecule has 0 aliphatic carbocycles. The molecule has 0 bridgehead atoms. The van der Waals surface area contributed by atoms with Crippen molar-refractivity contribution in [2.24, 2.45) is 11.7 Å². The van der Waals surface area contributed by atoms with Crippen molar-refractivity contribution in [1.82, 2.24) is 9.69 Å². The van der Waals surface area contributed by atoms with Gasteiger partial charge in [-0.3, -0.25) is 19.3 Å². The van der Waals surface area contributed by atoms with Gasteiger partial charge in [0.2, 0.25) is 5.91 Å². The number of aromatic nitrogens is 1. The van der Waals surface area contributed by atoms with Crippen LogP contribution in [0.2, 0.25) is 0 Å². The lowest BCUT2D eigenvalue weighted by atomic mass is 10.0. The van der Waals surface area contributed by atoms with Gasteiger partial charge in [-0.05, 0) is 60.6 Å². The maximum absolute atomic E-state index is 14.0. The Morgan fingerprint density at radius 2 is 1.72 bits per heavy atom. The lowest BCUT2D eigenvalue weighted by molar-refractivity contribution is -0.122. The minimum atomic E-state index is -1.03. The molecule has 1 heterocycles. The molecule has 9 nitrogen and oxygen atoms in total. The van der Waals surface area contributed by atoms with E-state index < -0.39 is 17.9 Å². The van der Waals surface area contributed by atoms with Gasteiger partial charge in [-0.2, -0.15) is 4.37 Å². The average Bonchev–Trinajstić information content (AvgIpc) is 3.24. The van der Waals surface area contributed by atoms with Gasteiger partial charge in [0.1, 0.15) is 16.7 Å². The highest BCUT2D eigenvalue weighted by molar-refractivity contribution is 7.09. The third-order valence-electron chi connectivity index (χ3n) is 5.65. The Kier molecular flexibility index (Phi) is 8.65. The van der Waals surface area contributed by atoms with Gasteiger partial charge in [-0.15, -0.1) is 0 Å². The van der Waals surface area contributed by atoms with E-state index in [1.54, 1.807) is 43.5 Å². The molecule has 5 N–H and O–H groups in total. The number of nitrogens with two attached hydrogens (primary N) is 2. The lowest BCUT2D eigenvalue weighted by Crippen LogP contribution is -2.44. The summed E-state index contributed by atoms with van der Waals surface area (Å²) in [4.78, 5) is 40.7. The monoisotopic (exact) mass is 509 g/mol. The number of nitrogens with one attached hydrogen (secondary N) is 1. The fourth-order valence-electron chi connectivity index (χ4n) is 3.61. The summed E-state index contributed by atoms with van der Waals surface area (Å²) < 4.78 is 9.24. The summed E-state index contributed by atoms with van der Waals surface area (Å²) in [7, 11) is 1.55. The molecule has 1 atom stereocenters. The first-order valence-electron chi connectivity index (χ1n) is 11.5. The Balaban J connectivity index is 2.15. The number of primary amides is 1. The molecule has 0 saturated heterocycles. The number of nitrogen functional groups attached to an aromatic ring is 1. The van der Waals surface area contributed by atoms with Gasteiger partial charge in [0, 0.05) is 12.2 Å². The SMILES string of the molecule is COc1ccc(C(C(=O)NCCC(C)C)N(C(=O)c2snc(C(N)=O)c2N)c2ccc(C)cc2)cc1. The molecule has 0 fully saturated rings. The number of nitrogens with zero attached hydrogens (tertiary/aromatic N) is 2. The smallest absolute Gasteiger partial charge is 0.273 e. The van der Waals surface area contributed by atoms with Crippen LogP contribution in [-0.4, -0.2) is 35.7 Å². The van der Waals surface area contributed by atoms with Gasteiger partial charge in [-0.25, -0.2) is 0 Å². The highest BCUT2D eigenvalue weighted by atomic mass is 32.1. The number of ether oxygens (including phenoxy) is 1. The average molecular weight is 510 g/mol. The van der Waals surface area contributed by atoms with Crippen molar-refractivity contribution >= 4 is 40.6 Å². The highest BCUT2D eigenvalue weighted by Gasteiger charge is 2.36. The number of methoxy groups -OCH3 is 1. The number of carbonyl (C=O) groups is 3. The summed E-state index contributed by atoms with van der Waals surface area (Å²) in [5, 5.41) is 2.97. The van der Waals surface area contributed by atoms with Gasteiger partial charge in [0.05, 0.1) is 12.8 Å². The van der Waals surface area contributed by atoms with Crippen LogP contribution in [0, 0.1) is 12.8 Å². The maximum atomic E-state index is 14.0. The number of aryl methyl sites for hydroxylation is 1. The predicted molar refractivity (Wildman–Crippen MR) is 141 cm³/mol. The first kappa shape index (κ1) is 26.7. The Bertz CT molecular complexity index is 1220. The predicted octanol–water partition coefficient (Wildman–Crippen LogP) is 3.69. The van der Waals surface area contributed by atoms with Crippen molar-refractivity contribution in [2.75, 3.05) is 24.3 Å². The molecule has 36 heavy (non-hydrogen) atoms. The second-order valence-electron chi connectivity index (χ2n) is 8.80. The molecule has 3 aromatic rings. The Morgan fingerprint density at radius 1 is 1.08 bits per heavy atom. The fraction of sp³-hybridized carbons (Fsp3) is 0.308. The molecule has 0 radical (unpaired) electrons. The summed E-state index contributed by atoms with van der Waals surface area (Å²) in [5.41, 5.74) is 13.2. The van der Waals surface area contributed by atoms with Crippen LogP contribution in [0.25, 0.3) is 0 Å². The van der Waals surface area contributed by atoms with Crippen molar-refractivity contribution in [2.45, 2.75) is 33.2 Å². The van der Waals surface area contributed by atoms with Gasteiger partial charge in [-0.1, -0.05) is 43.7 Å². The van der Waals surface area contributed by atoms with Gasteiger partial charge < -0.3 is 21.5 Å². The van der Waals surface area contributed by atoms with E-state index in [4.69, 9.17) is 16.2 Å². The van der Waals surface area contributed by atoms with Crippen LogP contribution >= 0.6 is 11.5 Å². The summed E-state index contributed by atoms with van der Waals surface area (Å²) in [6, 6.07) is 13.1. The molecule has 0 spiro atoms. The van der Waals surface area contributed by atoms with E-state index in [0.717, 1.165) is 23.5 Å². The zero-order valence-corrected chi connectivity index (χ0v) is 21.6. The molecule has 3 rings (SSSR count). The van der Waals surface area contributed by atoms with Crippen LogP contribution in [0.5, 0.6) is 5.75 Å². The van der Waals surface area contributed by atoms with E-state index in [2.05, 4.69) is 23.5 Å². The van der Waals surface area contributed by atoms with Crippen molar-refractivity contribution in [3.8, 4) is 5.75 Å². The van der Waals surface area contributed by atoms with Crippen LogP contribution in [0.3, 0.4) is 0 Å². The number of hydrogen-bond donors (Lipinski definition) is 3. The van der Waals surface area contributed by atoms with Crippen LogP contribution in [0.4, 0.5) is 11.4 Å². The lowest BCUT2D eigenvalue weighted by Gasteiger charge is -2.31. The Morgan fingerprint density at radius 3 is 2.25 bits per heavy atom. The molecule has 1 aromatic heterocycles. The first-order chi connectivity index (χ1) is 17.1.